The zero-order valence-electron chi connectivity index (χ0n) is 13.1. The maximum Gasteiger partial charge on any atom is 0.303 e. The molecule has 0 unspecified atom stereocenters. The molecule has 0 spiro atoms. The maximum atomic E-state index is 10.6. The number of benzene rings is 1. The van der Waals surface area contributed by atoms with Crippen molar-refractivity contribution < 1.29 is 14.6 Å². The molecule has 116 valence electrons. The second-order valence-electron chi connectivity index (χ2n) is 6.02. The first kappa shape index (κ1) is 16.0. The minimum Gasteiger partial charge on any atom is -0.481 e. The van der Waals surface area contributed by atoms with Crippen LogP contribution < -0.4 is 0 Å². The highest BCUT2D eigenvalue weighted by atomic mass is 16.5. The second-order valence-corrected chi connectivity index (χ2v) is 6.02. The van der Waals surface area contributed by atoms with Gasteiger partial charge in [-0.3, -0.25) is 9.69 Å². The summed E-state index contributed by atoms with van der Waals surface area (Å²) < 4.78 is 6.01. The molecule has 1 N–H and O–H groups in total. The van der Waals surface area contributed by atoms with Gasteiger partial charge in [0.25, 0.3) is 0 Å². The summed E-state index contributed by atoms with van der Waals surface area (Å²) >= 11 is 0. The summed E-state index contributed by atoms with van der Waals surface area (Å²) in [6.07, 6.45) is 1.02. The topological polar surface area (TPSA) is 49.8 Å². The van der Waals surface area contributed by atoms with E-state index in [4.69, 9.17) is 9.84 Å². The predicted octanol–water partition coefficient (Wildman–Crippen LogP) is 2.93. The molecular weight excluding hydrogens is 266 g/mol. The maximum absolute atomic E-state index is 10.6. The van der Waals surface area contributed by atoms with Crippen molar-refractivity contribution in [2.45, 2.75) is 45.8 Å². The lowest BCUT2D eigenvalue weighted by Gasteiger charge is -2.38. The van der Waals surface area contributed by atoms with Gasteiger partial charge < -0.3 is 9.84 Å². The van der Waals surface area contributed by atoms with Crippen molar-refractivity contribution in [1.82, 2.24) is 4.90 Å². The van der Waals surface area contributed by atoms with E-state index in [-0.39, 0.29) is 12.5 Å². The van der Waals surface area contributed by atoms with Gasteiger partial charge in [-0.15, -0.1) is 0 Å². The van der Waals surface area contributed by atoms with Crippen molar-refractivity contribution in [3.63, 3.8) is 0 Å². The Bertz CT molecular complexity index is 501. The van der Waals surface area contributed by atoms with E-state index in [1.165, 1.54) is 16.7 Å². The third-order valence-corrected chi connectivity index (χ3v) is 4.18. The fourth-order valence-electron chi connectivity index (χ4n) is 2.85. The SMILES string of the molecule is Cc1ccc(C)c([C@H]2CN(CCCC(=O)O)[C@H](C)CO2)c1. The molecule has 1 aromatic carbocycles. The van der Waals surface area contributed by atoms with Gasteiger partial charge in [0.15, 0.2) is 0 Å². The lowest BCUT2D eigenvalue weighted by molar-refractivity contribution is -0.137. The first-order valence-electron chi connectivity index (χ1n) is 7.62. The van der Waals surface area contributed by atoms with E-state index in [2.05, 4.69) is 43.9 Å². The lowest BCUT2D eigenvalue weighted by Crippen LogP contribution is -2.45. The number of carboxylic acids is 1. The van der Waals surface area contributed by atoms with E-state index >= 15 is 0 Å². The summed E-state index contributed by atoms with van der Waals surface area (Å²) in [5.41, 5.74) is 3.76. The zero-order chi connectivity index (χ0) is 15.4. The molecule has 1 aromatic rings. The number of ether oxygens (including phenoxy) is 1. The molecule has 0 amide bonds. The van der Waals surface area contributed by atoms with Gasteiger partial charge in [0.05, 0.1) is 12.7 Å². The van der Waals surface area contributed by atoms with Crippen molar-refractivity contribution in [1.29, 1.82) is 0 Å². The molecule has 0 aromatic heterocycles. The Morgan fingerprint density at radius 1 is 1.43 bits per heavy atom. The number of hydrogen-bond donors (Lipinski definition) is 1. The van der Waals surface area contributed by atoms with Crippen molar-refractivity contribution >= 4 is 5.97 Å². The van der Waals surface area contributed by atoms with Crippen LogP contribution in [0.4, 0.5) is 0 Å². The molecule has 1 fully saturated rings. The summed E-state index contributed by atoms with van der Waals surface area (Å²) in [6.45, 7) is 8.71. The average molecular weight is 291 g/mol. The molecule has 2 rings (SSSR count). The summed E-state index contributed by atoms with van der Waals surface area (Å²) in [7, 11) is 0. The number of carbonyl (C=O) groups is 1. The molecule has 4 nitrogen and oxygen atoms in total. The molecule has 1 saturated heterocycles. The summed E-state index contributed by atoms with van der Waals surface area (Å²) in [6, 6.07) is 6.81. The molecule has 1 heterocycles. The summed E-state index contributed by atoms with van der Waals surface area (Å²) in [5.74, 6) is -0.720. The van der Waals surface area contributed by atoms with Gasteiger partial charge in [0.1, 0.15) is 0 Å². The Morgan fingerprint density at radius 3 is 2.90 bits per heavy atom. The molecule has 1 aliphatic heterocycles. The number of nitrogens with zero attached hydrogens (tertiary/aromatic N) is 1. The van der Waals surface area contributed by atoms with E-state index in [9.17, 15) is 4.79 Å². The van der Waals surface area contributed by atoms with Crippen LogP contribution in [0.5, 0.6) is 0 Å². The van der Waals surface area contributed by atoms with Crippen molar-refractivity contribution in [3.05, 3.63) is 34.9 Å². The first-order chi connectivity index (χ1) is 9.97. The van der Waals surface area contributed by atoms with Gasteiger partial charge in [0, 0.05) is 19.0 Å². The third kappa shape index (κ3) is 4.29. The van der Waals surface area contributed by atoms with E-state index in [1.807, 2.05) is 0 Å². The highest BCUT2D eigenvalue weighted by Gasteiger charge is 2.27. The number of aryl methyl sites for hydroxylation is 2. The van der Waals surface area contributed by atoms with Gasteiger partial charge in [-0.1, -0.05) is 23.8 Å². The Hall–Kier alpha value is -1.39. The van der Waals surface area contributed by atoms with Crippen LogP contribution in [0, 0.1) is 13.8 Å². The van der Waals surface area contributed by atoms with E-state index in [0.29, 0.717) is 19.1 Å². The standard InChI is InChI=1S/C17H25NO3/c1-12-6-7-13(2)15(9-12)16-10-18(14(3)11-21-16)8-4-5-17(19)20/h6-7,9,14,16H,4-5,8,10-11H2,1-3H3,(H,19,20)/t14-,16-/m1/s1. The number of morpholine rings is 1. The Labute approximate surface area is 126 Å². The molecular formula is C17H25NO3. The van der Waals surface area contributed by atoms with Crippen LogP contribution in [-0.2, 0) is 9.53 Å². The molecule has 4 heteroatoms. The normalized spacial score (nSPS) is 23.2. The van der Waals surface area contributed by atoms with Crippen LogP contribution in [0.1, 0.15) is 42.6 Å². The van der Waals surface area contributed by atoms with Crippen LogP contribution in [0.25, 0.3) is 0 Å². The highest BCUT2D eigenvalue weighted by molar-refractivity contribution is 5.66. The number of carboxylic acid groups (broad SMARTS) is 1. The van der Waals surface area contributed by atoms with Gasteiger partial charge in [0.2, 0.25) is 0 Å². The van der Waals surface area contributed by atoms with Gasteiger partial charge in [-0.05, 0) is 44.9 Å². The Balaban J connectivity index is 2.02. The van der Waals surface area contributed by atoms with Crippen molar-refractivity contribution in [2.75, 3.05) is 19.7 Å². The highest BCUT2D eigenvalue weighted by Crippen LogP contribution is 2.28. The van der Waals surface area contributed by atoms with Crippen LogP contribution >= 0.6 is 0 Å². The van der Waals surface area contributed by atoms with Gasteiger partial charge in [-0.25, -0.2) is 0 Å². The summed E-state index contributed by atoms with van der Waals surface area (Å²) in [4.78, 5) is 13.0. The molecule has 1 aliphatic rings. The zero-order valence-corrected chi connectivity index (χ0v) is 13.1. The molecule has 0 radical (unpaired) electrons. The molecule has 0 bridgehead atoms. The van der Waals surface area contributed by atoms with Crippen LogP contribution in [-0.4, -0.2) is 41.7 Å². The largest absolute Gasteiger partial charge is 0.481 e. The quantitative estimate of drug-likeness (QED) is 0.906. The molecule has 0 saturated carbocycles. The fraction of sp³-hybridized carbons (Fsp3) is 0.588. The van der Waals surface area contributed by atoms with Gasteiger partial charge in [-0.2, -0.15) is 0 Å². The van der Waals surface area contributed by atoms with E-state index in [0.717, 1.165) is 13.1 Å². The molecule has 0 aliphatic carbocycles. The van der Waals surface area contributed by atoms with Crippen LogP contribution in [0.15, 0.2) is 18.2 Å². The summed E-state index contributed by atoms with van der Waals surface area (Å²) in [5, 5.41) is 8.76. The van der Waals surface area contributed by atoms with Crippen LogP contribution in [0.2, 0.25) is 0 Å². The monoisotopic (exact) mass is 291 g/mol. The van der Waals surface area contributed by atoms with E-state index < -0.39 is 5.97 Å². The average Bonchev–Trinajstić information content (AvgIpc) is 2.43. The number of rotatable bonds is 5. The Morgan fingerprint density at radius 2 is 2.19 bits per heavy atom. The number of aliphatic carboxylic acids is 1. The van der Waals surface area contributed by atoms with Crippen LogP contribution in [0.3, 0.4) is 0 Å². The predicted molar refractivity (Wildman–Crippen MR) is 82.5 cm³/mol. The minimum atomic E-state index is -0.720. The Kier molecular flexibility index (Phi) is 5.37. The first-order valence-corrected chi connectivity index (χ1v) is 7.62. The van der Waals surface area contributed by atoms with Gasteiger partial charge >= 0.3 is 5.97 Å². The van der Waals surface area contributed by atoms with Crippen molar-refractivity contribution in [3.8, 4) is 0 Å². The lowest BCUT2D eigenvalue weighted by atomic mass is 9.98. The minimum absolute atomic E-state index is 0.0888. The smallest absolute Gasteiger partial charge is 0.303 e. The second kappa shape index (κ2) is 7.05. The molecule has 21 heavy (non-hydrogen) atoms. The molecule has 2 atom stereocenters. The third-order valence-electron chi connectivity index (χ3n) is 4.18. The van der Waals surface area contributed by atoms with Crippen molar-refractivity contribution in [2.24, 2.45) is 0 Å². The fourth-order valence-corrected chi connectivity index (χ4v) is 2.85. The van der Waals surface area contributed by atoms with E-state index in [1.54, 1.807) is 0 Å². The number of hydrogen-bond acceptors (Lipinski definition) is 3.